The van der Waals surface area contributed by atoms with Crippen LogP contribution in [0.2, 0.25) is 0 Å². The number of quaternary nitrogens is 1. The quantitative estimate of drug-likeness (QED) is 0.610. The van der Waals surface area contributed by atoms with Crippen LogP contribution < -0.4 is 19.1 Å². The van der Waals surface area contributed by atoms with E-state index >= 15 is 0 Å². The standard InChI is InChI=1S/C21H25FN2O6S/c22-18-3-1-2-4-19(18)30-15-16(25)14-23-7-9-24(10-8-23)31(26,27)17-5-6-20-21(13-17)29-12-11-28-20/h1-6,13,16,25H,7-12,14-15H2/p+1/t16-/m1/s1. The zero-order valence-corrected chi connectivity index (χ0v) is 17.8. The molecule has 2 N–H and O–H groups in total. The van der Waals surface area contributed by atoms with Gasteiger partial charge in [0.25, 0.3) is 0 Å². The second-order valence-corrected chi connectivity index (χ2v) is 9.50. The van der Waals surface area contributed by atoms with Crippen LogP contribution in [-0.4, -0.2) is 76.5 Å². The molecule has 2 aliphatic heterocycles. The lowest BCUT2D eigenvalue weighted by molar-refractivity contribution is -0.906. The first kappa shape index (κ1) is 21.8. The molecule has 2 aromatic rings. The van der Waals surface area contributed by atoms with Gasteiger partial charge in [-0.15, -0.1) is 0 Å². The molecule has 1 atom stereocenters. The molecule has 2 heterocycles. The smallest absolute Gasteiger partial charge is 0.243 e. The number of fused-ring (bicyclic) bond motifs is 1. The molecular weight excluding hydrogens is 427 g/mol. The van der Waals surface area contributed by atoms with Gasteiger partial charge >= 0.3 is 0 Å². The summed E-state index contributed by atoms with van der Waals surface area (Å²) in [6.45, 7) is 3.00. The molecule has 0 unspecified atom stereocenters. The van der Waals surface area contributed by atoms with E-state index in [1.807, 2.05) is 0 Å². The van der Waals surface area contributed by atoms with Crippen molar-refractivity contribution in [2.24, 2.45) is 0 Å². The average molecular weight is 454 g/mol. The summed E-state index contributed by atoms with van der Waals surface area (Å²) < 4.78 is 57.4. The van der Waals surface area contributed by atoms with Crippen molar-refractivity contribution in [3.63, 3.8) is 0 Å². The molecule has 8 nitrogen and oxygen atoms in total. The largest absolute Gasteiger partial charge is 0.488 e. The van der Waals surface area contributed by atoms with Gasteiger partial charge in [0.05, 0.1) is 31.1 Å². The number of hydrogen-bond acceptors (Lipinski definition) is 6. The monoisotopic (exact) mass is 453 g/mol. The van der Waals surface area contributed by atoms with Crippen molar-refractivity contribution in [1.29, 1.82) is 0 Å². The lowest BCUT2D eigenvalue weighted by atomic mass is 10.3. The van der Waals surface area contributed by atoms with Gasteiger partial charge in [0, 0.05) is 6.07 Å². The van der Waals surface area contributed by atoms with Gasteiger partial charge in [-0.2, -0.15) is 4.31 Å². The minimum atomic E-state index is -3.64. The number of aliphatic hydroxyl groups excluding tert-OH is 1. The summed E-state index contributed by atoms with van der Waals surface area (Å²) in [6.07, 6.45) is -0.782. The molecule has 0 aliphatic carbocycles. The minimum absolute atomic E-state index is 0.0242. The van der Waals surface area contributed by atoms with E-state index in [4.69, 9.17) is 14.2 Å². The molecule has 2 aromatic carbocycles. The minimum Gasteiger partial charge on any atom is -0.488 e. The van der Waals surface area contributed by atoms with Crippen LogP contribution in [0.4, 0.5) is 4.39 Å². The number of para-hydroxylation sites is 1. The third kappa shape index (κ3) is 5.09. The van der Waals surface area contributed by atoms with Gasteiger partial charge in [0.15, 0.2) is 23.1 Å². The van der Waals surface area contributed by atoms with E-state index in [0.717, 1.165) is 4.90 Å². The van der Waals surface area contributed by atoms with E-state index in [9.17, 15) is 17.9 Å². The van der Waals surface area contributed by atoms with Crippen LogP contribution in [-0.2, 0) is 10.0 Å². The zero-order valence-electron chi connectivity index (χ0n) is 17.0. The van der Waals surface area contributed by atoms with Gasteiger partial charge < -0.3 is 24.2 Å². The number of piperazine rings is 1. The number of ether oxygens (including phenoxy) is 3. The van der Waals surface area contributed by atoms with E-state index < -0.39 is 21.9 Å². The third-order valence-electron chi connectivity index (χ3n) is 5.37. The first-order valence-electron chi connectivity index (χ1n) is 10.2. The van der Waals surface area contributed by atoms with E-state index in [0.29, 0.717) is 57.4 Å². The first-order chi connectivity index (χ1) is 14.9. The lowest BCUT2D eigenvalue weighted by Gasteiger charge is -2.32. The topological polar surface area (TPSA) is 89.7 Å². The van der Waals surface area contributed by atoms with Crippen LogP contribution in [0, 0.1) is 5.82 Å². The second-order valence-electron chi connectivity index (χ2n) is 7.56. The molecule has 10 heteroatoms. The van der Waals surface area contributed by atoms with Crippen LogP contribution in [0.5, 0.6) is 17.2 Å². The Hall–Kier alpha value is -2.40. The number of hydrogen-bond donors (Lipinski definition) is 2. The molecule has 1 saturated heterocycles. The molecule has 1 fully saturated rings. The Morgan fingerprint density at radius 1 is 1.10 bits per heavy atom. The molecular formula is C21H26FN2O6S+. The maximum atomic E-state index is 13.6. The number of rotatable bonds is 7. The number of aliphatic hydroxyl groups is 1. The lowest BCUT2D eigenvalue weighted by Crippen LogP contribution is -3.15. The van der Waals surface area contributed by atoms with Crippen LogP contribution in [0.15, 0.2) is 47.4 Å². The fourth-order valence-corrected chi connectivity index (χ4v) is 5.18. The highest BCUT2D eigenvalue weighted by Crippen LogP contribution is 2.33. The Kier molecular flexibility index (Phi) is 6.61. The molecule has 31 heavy (non-hydrogen) atoms. The first-order valence-corrected chi connectivity index (χ1v) is 11.7. The van der Waals surface area contributed by atoms with Crippen molar-refractivity contribution in [2.75, 3.05) is 52.5 Å². The normalized spacial score (nSPS) is 18.5. The van der Waals surface area contributed by atoms with Crippen molar-refractivity contribution >= 4 is 10.0 Å². The van der Waals surface area contributed by atoms with Gasteiger partial charge in [0.1, 0.15) is 32.5 Å². The molecule has 2 aliphatic rings. The van der Waals surface area contributed by atoms with E-state index in [-0.39, 0.29) is 17.3 Å². The molecule has 0 saturated carbocycles. The van der Waals surface area contributed by atoms with Crippen molar-refractivity contribution in [3.05, 3.63) is 48.3 Å². The van der Waals surface area contributed by atoms with Gasteiger partial charge in [-0.3, -0.25) is 0 Å². The number of benzene rings is 2. The van der Waals surface area contributed by atoms with E-state index in [1.54, 1.807) is 18.2 Å². The van der Waals surface area contributed by atoms with Crippen LogP contribution in [0.3, 0.4) is 0 Å². The van der Waals surface area contributed by atoms with Crippen molar-refractivity contribution in [2.45, 2.75) is 11.0 Å². The molecule has 168 valence electrons. The van der Waals surface area contributed by atoms with E-state index in [2.05, 4.69) is 0 Å². The number of sulfonamides is 1. The predicted molar refractivity (Wildman–Crippen MR) is 110 cm³/mol. The van der Waals surface area contributed by atoms with Gasteiger partial charge in [-0.05, 0) is 24.3 Å². The van der Waals surface area contributed by atoms with Crippen LogP contribution in [0.1, 0.15) is 0 Å². The molecule has 0 spiro atoms. The number of nitrogens with zero attached hydrogens (tertiary/aromatic N) is 1. The maximum absolute atomic E-state index is 13.6. The van der Waals surface area contributed by atoms with Crippen LogP contribution in [0.25, 0.3) is 0 Å². The Morgan fingerprint density at radius 3 is 2.55 bits per heavy atom. The highest BCUT2D eigenvalue weighted by molar-refractivity contribution is 7.89. The molecule has 0 radical (unpaired) electrons. The summed E-state index contributed by atoms with van der Waals surface area (Å²) in [5, 5.41) is 10.2. The Labute approximate surface area is 180 Å². The average Bonchev–Trinajstić information content (AvgIpc) is 2.78. The highest BCUT2D eigenvalue weighted by Gasteiger charge is 2.32. The molecule has 4 rings (SSSR count). The zero-order chi connectivity index (χ0) is 21.8. The summed E-state index contributed by atoms with van der Waals surface area (Å²) in [7, 11) is -3.64. The van der Waals surface area contributed by atoms with Gasteiger partial charge in [-0.25, -0.2) is 12.8 Å². The van der Waals surface area contributed by atoms with E-state index in [1.165, 1.54) is 28.6 Å². The second kappa shape index (κ2) is 9.39. The van der Waals surface area contributed by atoms with Crippen molar-refractivity contribution in [3.8, 4) is 17.2 Å². The Bertz CT molecular complexity index is 1010. The maximum Gasteiger partial charge on any atom is 0.243 e. The summed E-state index contributed by atoms with van der Waals surface area (Å²) in [5.74, 6) is 0.618. The van der Waals surface area contributed by atoms with Crippen LogP contribution >= 0.6 is 0 Å². The van der Waals surface area contributed by atoms with Gasteiger partial charge in [-0.1, -0.05) is 12.1 Å². The fraction of sp³-hybridized carbons (Fsp3) is 0.429. The highest BCUT2D eigenvalue weighted by atomic mass is 32.2. The van der Waals surface area contributed by atoms with Gasteiger partial charge in [0.2, 0.25) is 10.0 Å². The fourth-order valence-electron chi connectivity index (χ4n) is 3.72. The molecule has 0 bridgehead atoms. The summed E-state index contributed by atoms with van der Waals surface area (Å²) in [5.41, 5.74) is 0. The SMILES string of the molecule is O=S(=O)(c1ccc2c(c1)OCCO2)N1CC[NH+](C[C@@H](O)COc2ccccc2F)CC1. The number of halogens is 1. The Morgan fingerprint density at radius 2 is 1.81 bits per heavy atom. The van der Waals surface area contributed by atoms with Crippen molar-refractivity contribution in [1.82, 2.24) is 4.31 Å². The molecule has 0 amide bonds. The number of nitrogens with one attached hydrogen (secondary N) is 1. The molecule has 0 aromatic heterocycles. The third-order valence-corrected chi connectivity index (χ3v) is 7.27. The van der Waals surface area contributed by atoms with Crippen molar-refractivity contribution < 1.29 is 37.0 Å². The Balaban J connectivity index is 1.29. The summed E-state index contributed by atoms with van der Waals surface area (Å²) in [6, 6.07) is 10.7. The predicted octanol–water partition coefficient (Wildman–Crippen LogP) is -0.0740. The summed E-state index contributed by atoms with van der Waals surface area (Å²) >= 11 is 0. The summed E-state index contributed by atoms with van der Waals surface area (Å²) in [4.78, 5) is 1.25.